The summed E-state index contributed by atoms with van der Waals surface area (Å²) in [6.45, 7) is 1.20. The largest absolute Gasteiger partial charge is 0.446 e. The van der Waals surface area contributed by atoms with E-state index < -0.39 is 6.09 Å². The number of fused-ring (bicyclic) bond motifs is 1. The van der Waals surface area contributed by atoms with E-state index >= 15 is 0 Å². The third kappa shape index (κ3) is 6.18. The first-order valence-corrected chi connectivity index (χ1v) is 11.9. The summed E-state index contributed by atoms with van der Waals surface area (Å²) >= 11 is 1.37. The molecular weight excluding hydrogens is 440 g/mol. The van der Waals surface area contributed by atoms with Gasteiger partial charge in [-0.05, 0) is 55.4 Å². The molecule has 2 atom stereocenters. The van der Waals surface area contributed by atoms with Crippen molar-refractivity contribution in [2.45, 2.75) is 50.7 Å². The van der Waals surface area contributed by atoms with E-state index in [-0.39, 0.29) is 18.1 Å². The molecule has 0 spiro atoms. The molecule has 0 bridgehead atoms. The first-order chi connectivity index (χ1) is 16.1. The van der Waals surface area contributed by atoms with Crippen molar-refractivity contribution in [3.05, 3.63) is 52.2 Å². The third-order valence-electron chi connectivity index (χ3n) is 5.70. The van der Waals surface area contributed by atoms with Crippen LogP contribution in [0.1, 0.15) is 47.3 Å². The summed E-state index contributed by atoms with van der Waals surface area (Å²) in [4.78, 5) is 29.6. The summed E-state index contributed by atoms with van der Waals surface area (Å²) in [5, 5.41) is 15.8. The molecule has 0 radical (unpaired) electrons. The van der Waals surface area contributed by atoms with Crippen LogP contribution in [0.15, 0.2) is 30.6 Å². The van der Waals surface area contributed by atoms with Crippen LogP contribution in [-0.2, 0) is 27.1 Å². The van der Waals surface area contributed by atoms with E-state index in [9.17, 15) is 14.9 Å². The van der Waals surface area contributed by atoms with Gasteiger partial charge in [0.25, 0.3) is 0 Å². The molecule has 9 heteroatoms. The number of alkyl carbamates (subject to hydrolysis) is 1. The van der Waals surface area contributed by atoms with Gasteiger partial charge in [0.2, 0.25) is 5.91 Å². The van der Waals surface area contributed by atoms with E-state index in [4.69, 9.17) is 9.47 Å². The molecule has 1 aliphatic heterocycles. The number of nitrogens with zero attached hydrogens (tertiary/aromatic N) is 2. The van der Waals surface area contributed by atoms with Crippen LogP contribution < -0.4 is 10.6 Å². The molecule has 2 aromatic heterocycles. The minimum Gasteiger partial charge on any atom is -0.446 e. The Labute approximate surface area is 196 Å². The van der Waals surface area contributed by atoms with Gasteiger partial charge in [-0.3, -0.25) is 9.78 Å². The van der Waals surface area contributed by atoms with Gasteiger partial charge < -0.3 is 20.1 Å². The van der Waals surface area contributed by atoms with Crippen molar-refractivity contribution in [1.82, 2.24) is 10.3 Å². The van der Waals surface area contributed by atoms with Crippen LogP contribution in [0.5, 0.6) is 0 Å². The Balaban J connectivity index is 1.33. The highest BCUT2D eigenvalue weighted by atomic mass is 32.1. The number of ether oxygens (including phenoxy) is 2. The Hall–Kier alpha value is -3.22. The molecule has 1 fully saturated rings. The molecule has 1 aliphatic carbocycles. The second kappa shape index (κ2) is 11.1. The van der Waals surface area contributed by atoms with Crippen LogP contribution in [0.3, 0.4) is 0 Å². The minimum absolute atomic E-state index is 0.0538. The molecule has 33 heavy (non-hydrogen) atoms. The number of rotatable bonds is 6. The van der Waals surface area contributed by atoms with Crippen LogP contribution in [0.4, 0.5) is 9.80 Å². The molecule has 172 valence electrons. The van der Waals surface area contributed by atoms with Crippen molar-refractivity contribution in [3.63, 3.8) is 0 Å². The topological polar surface area (TPSA) is 113 Å². The normalized spacial score (nSPS) is 20.0. The standard InChI is InChI=1S/C24H26N4O4S/c25-13-20-19-8-7-17(32-24(30)27-15-18-5-1-2-11-31-18)12-21(19)33-23(20)28-22(29)9-6-16-4-3-10-26-14-16/h3-4,6,9-10,14,17-18H,1-2,5,7-8,11-12,15H2,(H,27,30)(H,28,29). The molecule has 3 heterocycles. The van der Waals surface area contributed by atoms with Gasteiger partial charge in [0.15, 0.2) is 0 Å². The van der Waals surface area contributed by atoms with Gasteiger partial charge in [-0.25, -0.2) is 4.79 Å². The molecular formula is C24H26N4O4S. The van der Waals surface area contributed by atoms with Gasteiger partial charge in [-0.15, -0.1) is 11.3 Å². The predicted octanol–water partition coefficient (Wildman–Crippen LogP) is 3.82. The average molecular weight is 467 g/mol. The Kier molecular flexibility index (Phi) is 7.70. The second-order valence-electron chi connectivity index (χ2n) is 8.07. The van der Waals surface area contributed by atoms with E-state index in [1.165, 1.54) is 17.4 Å². The zero-order chi connectivity index (χ0) is 23.0. The molecule has 4 rings (SSSR count). The number of amides is 2. The van der Waals surface area contributed by atoms with Gasteiger partial charge in [0.05, 0.1) is 11.7 Å². The first kappa shape index (κ1) is 23.0. The summed E-state index contributed by atoms with van der Waals surface area (Å²) in [5.41, 5.74) is 2.24. The quantitative estimate of drug-likeness (QED) is 0.626. The highest BCUT2D eigenvalue weighted by Gasteiger charge is 2.28. The summed E-state index contributed by atoms with van der Waals surface area (Å²) in [6, 6.07) is 5.86. The molecule has 2 unspecified atom stereocenters. The van der Waals surface area contributed by atoms with Crippen LogP contribution in [0.25, 0.3) is 6.08 Å². The molecule has 1 saturated heterocycles. The van der Waals surface area contributed by atoms with Gasteiger partial charge in [0, 0.05) is 42.9 Å². The highest BCUT2D eigenvalue weighted by Crippen LogP contribution is 2.38. The lowest BCUT2D eigenvalue weighted by Crippen LogP contribution is -2.38. The van der Waals surface area contributed by atoms with E-state index in [1.54, 1.807) is 24.5 Å². The zero-order valence-corrected chi connectivity index (χ0v) is 19.0. The number of carbonyl (C=O) groups excluding carboxylic acids is 2. The summed E-state index contributed by atoms with van der Waals surface area (Å²) in [5.74, 6) is -0.314. The fourth-order valence-corrected chi connectivity index (χ4v) is 5.29. The van der Waals surface area contributed by atoms with Crippen LogP contribution >= 0.6 is 11.3 Å². The fourth-order valence-electron chi connectivity index (χ4n) is 4.02. The molecule has 8 nitrogen and oxygen atoms in total. The highest BCUT2D eigenvalue weighted by molar-refractivity contribution is 7.16. The molecule has 2 amide bonds. The number of aromatic nitrogens is 1. The SMILES string of the molecule is N#Cc1c(NC(=O)C=Cc2cccnc2)sc2c1CCC(OC(=O)NCC1CCCCO1)C2. The van der Waals surface area contributed by atoms with Gasteiger partial charge in [0.1, 0.15) is 17.2 Å². The lowest BCUT2D eigenvalue weighted by Gasteiger charge is -2.25. The lowest BCUT2D eigenvalue weighted by atomic mass is 9.94. The van der Waals surface area contributed by atoms with E-state index in [0.29, 0.717) is 36.4 Å². The number of pyridine rings is 1. The summed E-state index contributed by atoms with van der Waals surface area (Å²) in [7, 11) is 0. The zero-order valence-electron chi connectivity index (χ0n) is 18.2. The number of nitrogens with one attached hydrogen (secondary N) is 2. The van der Waals surface area contributed by atoms with Crippen molar-refractivity contribution in [1.29, 1.82) is 5.26 Å². The predicted molar refractivity (Wildman–Crippen MR) is 125 cm³/mol. The van der Waals surface area contributed by atoms with Crippen LogP contribution in [0, 0.1) is 11.3 Å². The minimum atomic E-state index is -0.441. The van der Waals surface area contributed by atoms with Gasteiger partial charge >= 0.3 is 6.09 Å². The van der Waals surface area contributed by atoms with Crippen molar-refractivity contribution in [2.75, 3.05) is 18.5 Å². The lowest BCUT2D eigenvalue weighted by molar-refractivity contribution is -0.111. The average Bonchev–Trinajstić information content (AvgIpc) is 3.18. The maximum absolute atomic E-state index is 12.4. The maximum Gasteiger partial charge on any atom is 0.407 e. The summed E-state index contributed by atoms with van der Waals surface area (Å²) in [6.07, 6.45) is 10.7. The number of nitriles is 1. The Morgan fingerprint density at radius 1 is 1.36 bits per heavy atom. The molecule has 0 aromatic carbocycles. The van der Waals surface area contributed by atoms with Gasteiger partial charge in [-0.1, -0.05) is 6.07 Å². The number of carbonyl (C=O) groups is 2. The number of hydrogen-bond acceptors (Lipinski definition) is 7. The molecule has 2 N–H and O–H groups in total. The monoisotopic (exact) mass is 466 g/mol. The van der Waals surface area contributed by atoms with E-state index in [0.717, 1.165) is 41.9 Å². The molecule has 0 saturated carbocycles. The van der Waals surface area contributed by atoms with Crippen molar-refractivity contribution < 1.29 is 19.1 Å². The second-order valence-corrected chi connectivity index (χ2v) is 9.17. The number of anilines is 1. The number of hydrogen-bond donors (Lipinski definition) is 2. The van der Waals surface area contributed by atoms with Crippen LogP contribution in [0.2, 0.25) is 0 Å². The number of thiophene rings is 1. The van der Waals surface area contributed by atoms with Gasteiger partial charge in [-0.2, -0.15) is 5.26 Å². The Bertz CT molecular complexity index is 1050. The summed E-state index contributed by atoms with van der Waals surface area (Å²) < 4.78 is 11.2. The smallest absolute Gasteiger partial charge is 0.407 e. The van der Waals surface area contributed by atoms with Crippen LogP contribution in [-0.4, -0.2) is 42.3 Å². The third-order valence-corrected chi connectivity index (χ3v) is 6.87. The van der Waals surface area contributed by atoms with Crippen molar-refractivity contribution in [2.24, 2.45) is 0 Å². The van der Waals surface area contributed by atoms with E-state index in [2.05, 4.69) is 21.7 Å². The van der Waals surface area contributed by atoms with E-state index in [1.807, 2.05) is 6.07 Å². The van der Waals surface area contributed by atoms with Crippen molar-refractivity contribution in [3.8, 4) is 6.07 Å². The molecule has 2 aliphatic rings. The Morgan fingerprint density at radius 3 is 3.03 bits per heavy atom. The Morgan fingerprint density at radius 2 is 2.27 bits per heavy atom. The maximum atomic E-state index is 12.4. The molecule has 2 aromatic rings. The van der Waals surface area contributed by atoms with Crippen molar-refractivity contribution >= 4 is 34.4 Å². The fraction of sp³-hybridized carbons (Fsp3) is 0.417. The first-order valence-electron chi connectivity index (χ1n) is 11.1.